The van der Waals surface area contributed by atoms with Gasteiger partial charge < -0.3 is 14.4 Å². The first-order chi connectivity index (χ1) is 9.65. The summed E-state index contributed by atoms with van der Waals surface area (Å²) in [6.45, 7) is 6.40. The molecular formula is C14H17N3O3. The highest BCUT2D eigenvalue weighted by molar-refractivity contribution is 6.01. The Morgan fingerprint density at radius 2 is 2.50 bits per heavy atom. The van der Waals surface area contributed by atoms with Crippen LogP contribution in [-0.2, 0) is 4.79 Å². The van der Waals surface area contributed by atoms with Crippen molar-refractivity contribution in [1.29, 1.82) is 0 Å². The normalized spacial score (nSPS) is 16.1. The number of fused-ring (bicyclic) bond motifs is 1. The summed E-state index contributed by atoms with van der Waals surface area (Å²) in [6.07, 6.45) is 3.34. The molecule has 2 rings (SSSR count). The second-order valence-corrected chi connectivity index (χ2v) is 4.28. The van der Waals surface area contributed by atoms with Crippen molar-refractivity contribution in [1.82, 2.24) is 9.88 Å². The molecule has 1 aromatic rings. The minimum atomic E-state index is -0.0590. The number of Topliss-reactive ketones (excluding diaryl/α,β-unsaturated/α-hetero) is 1. The van der Waals surface area contributed by atoms with Gasteiger partial charge in [-0.25, -0.2) is 4.98 Å². The maximum atomic E-state index is 10.9. The highest BCUT2D eigenvalue weighted by atomic mass is 16.5. The number of aliphatic imine (C=N–C) groups is 1. The summed E-state index contributed by atoms with van der Waals surface area (Å²) in [7, 11) is 1.71. The smallest absolute Gasteiger partial charge is 0.217 e. The maximum absolute atomic E-state index is 10.9. The number of rotatable bonds is 4. The predicted octanol–water partition coefficient (Wildman–Crippen LogP) is 1.26. The van der Waals surface area contributed by atoms with E-state index in [1.807, 2.05) is 4.90 Å². The molecule has 0 atom stereocenters. The third kappa shape index (κ3) is 2.96. The molecule has 106 valence electrons. The SMILES string of the molecule is C=CN1CCOc2cc(OCC(C)=O)ncc2C1=NC. The summed E-state index contributed by atoms with van der Waals surface area (Å²) in [5.41, 5.74) is 0.778. The van der Waals surface area contributed by atoms with Gasteiger partial charge in [0, 0.05) is 19.3 Å². The Bertz CT molecular complexity index is 555. The molecule has 0 amide bonds. The van der Waals surface area contributed by atoms with Gasteiger partial charge in [-0.3, -0.25) is 9.79 Å². The maximum Gasteiger partial charge on any atom is 0.217 e. The molecule has 0 spiro atoms. The van der Waals surface area contributed by atoms with Crippen LogP contribution in [0.25, 0.3) is 0 Å². The molecule has 0 saturated carbocycles. The highest BCUT2D eigenvalue weighted by Gasteiger charge is 2.20. The zero-order valence-corrected chi connectivity index (χ0v) is 11.6. The number of carbonyl (C=O) groups is 1. The summed E-state index contributed by atoms with van der Waals surface area (Å²) in [6, 6.07) is 1.68. The number of nitrogens with zero attached hydrogens (tertiary/aromatic N) is 3. The van der Waals surface area contributed by atoms with Gasteiger partial charge in [-0.05, 0) is 13.1 Å². The largest absolute Gasteiger partial charge is 0.491 e. The average Bonchev–Trinajstić information content (AvgIpc) is 2.62. The first kappa shape index (κ1) is 14.0. The lowest BCUT2D eigenvalue weighted by molar-refractivity contribution is -0.119. The molecule has 1 aliphatic heterocycles. The van der Waals surface area contributed by atoms with E-state index in [1.165, 1.54) is 6.92 Å². The summed E-state index contributed by atoms with van der Waals surface area (Å²) in [5, 5.41) is 0. The van der Waals surface area contributed by atoms with Gasteiger partial charge in [0.05, 0.1) is 12.1 Å². The number of hydrogen-bond donors (Lipinski definition) is 0. The summed E-state index contributed by atoms with van der Waals surface area (Å²) < 4.78 is 11.0. The molecule has 6 nitrogen and oxygen atoms in total. The Hall–Kier alpha value is -2.37. The van der Waals surface area contributed by atoms with Gasteiger partial charge in [0.15, 0.2) is 5.78 Å². The Balaban J connectivity index is 2.32. The fraction of sp³-hybridized carbons (Fsp3) is 0.357. The second kappa shape index (κ2) is 6.18. The Morgan fingerprint density at radius 3 is 3.15 bits per heavy atom. The predicted molar refractivity (Wildman–Crippen MR) is 75.3 cm³/mol. The van der Waals surface area contributed by atoms with Crippen molar-refractivity contribution in [2.24, 2.45) is 4.99 Å². The molecular weight excluding hydrogens is 258 g/mol. The van der Waals surface area contributed by atoms with Crippen LogP contribution in [0.1, 0.15) is 12.5 Å². The van der Waals surface area contributed by atoms with Crippen LogP contribution in [0, 0.1) is 0 Å². The average molecular weight is 275 g/mol. The molecule has 2 heterocycles. The van der Waals surface area contributed by atoms with Crippen molar-refractivity contribution in [3.63, 3.8) is 0 Å². The molecule has 1 aromatic heterocycles. The van der Waals surface area contributed by atoms with E-state index in [-0.39, 0.29) is 12.4 Å². The number of ketones is 1. The van der Waals surface area contributed by atoms with Gasteiger partial charge in [0.2, 0.25) is 5.88 Å². The van der Waals surface area contributed by atoms with E-state index in [2.05, 4.69) is 16.6 Å². The summed E-state index contributed by atoms with van der Waals surface area (Å²) in [4.78, 5) is 21.3. The highest BCUT2D eigenvalue weighted by Crippen LogP contribution is 2.26. The first-order valence-corrected chi connectivity index (χ1v) is 6.27. The second-order valence-electron chi connectivity index (χ2n) is 4.28. The Labute approximate surface area is 117 Å². The van der Waals surface area contributed by atoms with Crippen molar-refractivity contribution in [3.05, 3.63) is 30.6 Å². The number of ether oxygens (including phenoxy) is 2. The molecule has 0 aromatic carbocycles. The lowest BCUT2D eigenvalue weighted by atomic mass is 10.2. The van der Waals surface area contributed by atoms with Crippen molar-refractivity contribution >= 4 is 11.6 Å². The lowest BCUT2D eigenvalue weighted by Crippen LogP contribution is -2.27. The van der Waals surface area contributed by atoms with Crippen LogP contribution in [0.3, 0.4) is 0 Å². The number of amidine groups is 1. The van der Waals surface area contributed by atoms with Gasteiger partial charge in [0.1, 0.15) is 24.8 Å². The number of carbonyl (C=O) groups excluding carboxylic acids is 1. The molecule has 0 aliphatic carbocycles. The van der Waals surface area contributed by atoms with E-state index < -0.39 is 0 Å². The van der Waals surface area contributed by atoms with Gasteiger partial charge in [-0.1, -0.05) is 6.58 Å². The van der Waals surface area contributed by atoms with E-state index in [9.17, 15) is 4.79 Å². The topological polar surface area (TPSA) is 64.0 Å². The fourth-order valence-corrected chi connectivity index (χ4v) is 1.90. The standard InChI is InChI=1S/C14H17N3O3/c1-4-17-5-6-19-12-7-13(20-9-10(2)18)16-8-11(12)14(17)15-3/h4,7-8H,1,5-6,9H2,2-3H3. The van der Waals surface area contributed by atoms with E-state index in [0.29, 0.717) is 24.8 Å². The zero-order valence-electron chi connectivity index (χ0n) is 11.6. The Morgan fingerprint density at radius 1 is 1.70 bits per heavy atom. The molecule has 6 heteroatoms. The van der Waals surface area contributed by atoms with Crippen molar-refractivity contribution < 1.29 is 14.3 Å². The fourth-order valence-electron chi connectivity index (χ4n) is 1.90. The minimum Gasteiger partial charge on any atom is -0.491 e. The van der Waals surface area contributed by atoms with E-state index in [4.69, 9.17) is 9.47 Å². The van der Waals surface area contributed by atoms with Crippen molar-refractivity contribution in [2.45, 2.75) is 6.92 Å². The molecule has 20 heavy (non-hydrogen) atoms. The van der Waals surface area contributed by atoms with Crippen molar-refractivity contribution in [3.8, 4) is 11.6 Å². The first-order valence-electron chi connectivity index (χ1n) is 6.27. The monoisotopic (exact) mass is 275 g/mol. The Kier molecular flexibility index (Phi) is 4.34. The van der Waals surface area contributed by atoms with Gasteiger partial charge in [-0.15, -0.1) is 0 Å². The van der Waals surface area contributed by atoms with Crippen LogP contribution in [0.2, 0.25) is 0 Å². The lowest BCUT2D eigenvalue weighted by Gasteiger charge is -2.18. The molecule has 0 saturated heterocycles. The van der Waals surface area contributed by atoms with E-state index in [0.717, 1.165) is 11.4 Å². The number of hydrogen-bond acceptors (Lipinski definition) is 5. The quantitative estimate of drug-likeness (QED) is 0.828. The third-order valence-corrected chi connectivity index (χ3v) is 2.80. The van der Waals surface area contributed by atoms with Crippen LogP contribution < -0.4 is 9.47 Å². The van der Waals surface area contributed by atoms with Crippen LogP contribution in [-0.4, -0.2) is 48.3 Å². The van der Waals surface area contributed by atoms with Gasteiger partial charge >= 0.3 is 0 Å². The van der Waals surface area contributed by atoms with Crippen LogP contribution in [0.15, 0.2) is 30.0 Å². The van der Waals surface area contributed by atoms with Crippen LogP contribution >= 0.6 is 0 Å². The molecule has 0 radical (unpaired) electrons. The molecule has 1 aliphatic rings. The van der Waals surface area contributed by atoms with E-state index in [1.54, 1.807) is 25.5 Å². The number of aromatic nitrogens is 1. The zero-order chi connectivity index (χ0) is 14.5. The molecule has 0 fully saturated rings. The summed E-state index contributed by atoms with van der Waals surface area (Å²) in [5.74, 6) is 1.69. The van der Waals surface area contributed by atoms with Crippen molar-refractivity contribution in [2.75, 3.05) is 26.8 Å². The van der Waals surface area contributed by atoms with E-state index >= 15 is 0 Å². The molecule has 0 unspecified atom stereocenters. The molecule has 0 bridgehead atoms. The summed E-state index contributed by atoms with van der Waals surface area (Å²) >= 11 is 0. The van der Waals surface area contributed by atoms with Gasteiger partial charge in [-0.2, -0.15) is 0 Å². The molecule has 0 N–H and O–H groups in total. The van der Waals surface area contributed by atoms with Gasteiger partial charge in [0.25, 0.3) is 0 Å². The third-order valence-electron chi connectivity index (χ3n) is 2.80. The minimum absolute atomic E-state index is 0.000701. The number of pyridine rings is 1. The van der Waals surface area contributed by atoms with Crippen LogP contribution in [0.5, 0.6) is 11.6 Å². The van der Waals surface area contributed by atoms with Crippen LogP contribution in [0.4, 0.5) is 0 Å².